The molecule has 1 amide bonds. The predicted molar refractivity (Wildman–Crippen MR) is 115 cm³/mol. The van der Waals surface area contributed by atoms with E-state index in [1.165, 1.54) is 0 Å². The van der Waals surface area contributed by atoms with Gasteiger partial charge in [-0.25, -0.2) is 9.97 Å². The molecule has 1 aliphatic rings. The van der Waals surface area contributed by atoms with Crippen LogP contribution in [0.25, 0.3) is 28.2 Å². The van der Waals surface area contributed by atoms with E-state index in [1.54, 1.807) is 13.2 Å². The van der Waals surface area contributed by atoms with Crippen LogP contribution in [-0.2, 0) is 7.05 Å². The van der Waals surface area contributed by atoms with Gasteiger partial charge in [-0.3, -0.25) is 4.79 Å². The molecule has 3 aromatic heterocycles. The summed E-state index contributed by atoms with van der Waals surface area (Å²) < 4.78 is 9.55. The minimum absolute atomic E-state index is 0.0322. The minimum Gasteiger partial charge on any atom is -0.494 e. The third kappa shape index (κ3) is 3.00. The van der Waals surface area contributed by atoms with Crippen LogP contribution < -0.4 is 10.5 Å². The third-order valence-electron chi connectivity index (χ3n) is 5.74. The van der Waals surface area contributed by atoms with Crippen molar-refractivity contribution in [2.45, 2.75) is 18.9 Å². The number of ether oxygens (including phenoxy) is 1. The Hall–Kier alpha value is -3.39. The van der Waals surface area contributed by atoms with E-state index >= 15 is 0 Å². The summed E-state index contributed by atoms with van der Waals surface area (Å²) in [7, 11) is 3.54. The number of amides is 1. The zero-order valence-corrected chi connectivity index (χ0v) is 17.1. The van der Waals surface area contributed by atoms with Gasteiger partial charge in [0, 0.05) is 44.1 Å². The van der Waals surface area contributed by atoms with Crippen LogP contribution in [0, 0.1) is 0 Å². The molecule has 4 heterocycles. The van der Waals surface area contributed by atoms with Gasteiger partial charge in [0.2, 0.25) is 0 Å². The largest absolute Gasteiger partial charge is 0.494 e. The highest BCUT2D eigenvalue weighted by Gasteiger charge is 2.25. The Morgan fingerprint density at radius 1 is 1.27 bits per heavy atom. The van der Waals surface area contributed by atoms with Gasteiger partial charge in [-0.2, -0.15) is 0 Å². The van der Waals surface area contributed by atoms with Gasteiger partial charge in [0.15, 0.2) is 5.82 Å². The van der Waals surface area contributed by atoms with Crippen LogP contribution in [0.3, 0.4) is 0 Å². The number of nitrogens with zero attached hydrogens (tertiary/aromatic N) is 5. The summed E-state index contributed by atoms with van der Waals surface area (Å²) in [5.74, 6) is 1.30. The lowest BCUT2D eigenvalue weighted by Gasteiger charge is -2.30. The molecule has 154 valence electrons. The molecule has 1 fully saturated rings. The van der Waals surface area contributed by atoms with E-state index in [0.717, 1.165) is 42.1 Å². The minimum atomic E-state index is -0.0368. The van der Waals surface area contributed by atoms with Gasteiger partial charge in [0.1, 0.15) is 22.6 Å². The topological polar surface area (TPSA) is 90.7 Å². The number of imidazole rings is 2. The maximum Gasteiger partial charge on any atom is 0.254 e. The fourth-order valence-electron chi connectivity index (χ4n) is 4.24. The molecule has 8 nitrogen and oxygen atoms in total. The van der Waals surface area contributed by atoms with Crippen molar-refractivity contribution in [3.63, 3.8) is 0 Å². The number of likely N-dealkylation sites (tertiary alicyclic amines) is 1. The van der Waals surface area contributed by atoms with Crippen molar-refractivity contribution in [2.24, 2.45) is 12.8 Å². The van der Waals surface area contributed by atoms with Crippen LogP contribution in [0.5, 0.6) is 5.75 Å². The van der Waals surface area contributed by atoms with Gasteiger partial charge in [-0.1, -0.05) is 6.07 Å². The first-order valence-corrected chi connectivity index (χ1v) is 10.1. The number of benzene rings is 1. The SMILES string of the molecule is COc1cc(C(=O)N2CCC[C@@H](N)C2)cc2nc(-c3cn4ccccc4n3)n(C)c12. The molecule has 0 unspecified atom stereocenters. The number of hydrogen-bond acceptors (Lipinski definition) is 5. The summed E-state index contributed by atoms with van der Waals surface area (Å²) in [5, 5.41) is 0. The smallest absolute Gasteiger partial charge is 0.254 e. The van der Waals surface area contributed by atoms with E-state index in [9.17, 15) is 4.79 Å². The average molecular weight is 404 g/mol. The monoisotopic (exact) mass is 404 g/mol. The van der Waals surface area contributed by atoms with Crippen LogP contribution in [-0.4, -0.2) is 56.0 Å². The van der Waals surface area contributed by atoms with Gasteiger partial charge in [0.25, 0.3) is 5.91 Å². The first-order valence-electron chi connectivity index (χ1n) is 10.1. The number of aromatic nitrogens is 4. The highest BCUT2D eigenvalue weighted by atomic mass is 16.5. The lowest BCUT2D eigenvalue weighted by molar-refractivity contribution is 0.0708. The van der Waals surface area contributed by atoms with Crippen molar-refractivity contribution in [2.75, 3.05) is 20.2 Å². The van der Waals surface area contributed by atoms with E-state index in [1.807, 2.05) is 57.6 Å². The number of piperidine rings is 1. The number of hydrogen-bond donors (Lipinski definition) is 1. The molecule has 0 bridgehead atoms. The predicted octanol–water partition coefficient (Wildman–Crippen LogP) is 2.46. The zero-order chi connectivity index (χ0) is 20.8. The molecule has 0 spiro atoms. The quantitative estimate of drug-likeness (QED) is 0.566. The summed E-state index contributed by atoms with van der Waals surface area (Å²) in [6.45, 7) is 1.30. The van der Waals surface area contributed by atoms with Crippen LogP contribution >= 0.6 is 0 Å². The number of rotatable bonds is 3. The van der Waals surface area contributed by atoms with E-state index in [4.69, 9.17) is 15.5 Å². The van der Waals surface area contributed by atoms with Crippen LogP contribution in [0.2, 0.25) is 0 Å². The number of carbonyl (C=O) groups is 1. The maximum atomic E-state index is 13.1. The second-order valence-electron chi connectivity index (χ2n) is 7.79. The Labute approximate surface area is 173 Å². The standard InChI is InChI=1S/C22H24N6O2/c1-26-20-16(25-21(26)17-13-27-8-4-3-7-19(27)24-17)10-14(11-18(20)30-2)22(29)28-9-5-6-15(23)12-28/h3-4,7-8,10-11,13,15H,5-6,9,12,23H2,1-2H3/t15-/m1/s1. The van der Waals surface area contributed by atoms with E-state index in [2.05, 4.69) is 4.98 Å². The van der Waals surface area contributed by atoms with Crippen molar-refractivity contribution >= 4 is 22.6 Å². The van der Waals surface area contributed by atoms with E-state index in [-0.39, 0.29) is 11.9 Å². The van der Waals surface area contributed by atoms with Crippen LogP contribution in [0.15, 0.2) is 42.7 Å². The van der Waals surface area contributed by atoms with Crippen molar-refractivity contribution in [1.82, 2.24) is 23.8 Å². The normalized spacial score (nSPS) is 17.0. The van der Waals surface area contributed by atoms with Crippen molar-refractivity contribution in [3.8, 4) is 17.3 Å². The lowest BCUT2D eigenvalue weighted by atomic mass is 10.0. The summed E-state index contributed by atoms with van der Waals surface area (Å²) in [6, 6.07) is 9.52. The molecule has 1 saturated heterocycles. The first kappa shape index (κ1) is 18.6. The molecule has 0 radical (unpaired) electrons. The first-order chi connectivity index (χ1) is 14.5. The Morgan fingerprint density at radius 2 is 2.13 bits per heavy atom. The Balaban J connectivity index is 1.60. The number of methoxy groups -OCH3 is 1. The fraction of sp³-hybridized carbons (Fsp3) is 0.318. The second-order valence-corrected chi connectivity index (χ2v) is 7.79. The van der Waals surface area contributed by atoms with Crippen molar-refractivity contribution in [1.29, 1.82) is 0 Å². The van der Waals surface area contributed by atoms with Crippen molar-refractivity contribution in [3.05, 3.63) is 48.3 Å². The lowest BCUT2D eigenvalue weighted by Crippen LogP contribution is -2.45. The van der Waals surface area contributed by atoms with Gasteiger partial charge < -0.3 is 24.3 Å². The molecule has 1 atom stereocenters. The highest BCUT2D eigenvalue weighted by molar-refractivity contribution is 6.00. The maximum absolute atomic E-state index is 13.1. The van der Waals surface area contributed by atoms with Gasteiger partial charge >= 0.3 is 0 Å². The molecule has 30 heavy (non-hydrogen) atoms. The summed E-state index contributed by atoms with van der Waals surface area (Å²) in [4.78, 5) is 24.4. The molecular formula is C22H24N6O2. The van der Waals surface area contributed by atoms with Crippen LogP contribution in [0.4, 0.5) is 0 Å². The second kappa shape index (κ2) is 7.14. The fourth-order valence-corrected chi connectivity index (χ4v) is 4.24. The number of nitrogens with two attached hydrogens (primary N) is 1. The molecule has 0 saturated carbocycles. The number of pyridine rings is 1. The summed E-state index contributed by atoms with van der Waals surface area (Å²) in [6.07, 6.45) is 5.78. The van der Waals surface area contributed by atoms with Gasteiger partial charge in [-0.15, -0.1) is 0 Å². The highest BCUT2D eigenvalue weighted by Crippen LogP contribution is 2.32. The van der Waals surface area contributed by atoms with Crippen LogP contribution in [0.1, 0.15) is 23.2 Å². The molecular weight excluding hydrogens is 380 g/mol. The Morgan fingerprint density at radius 3 is 2.90 bits per heavy atom. The van der Waals surface area contributed by atoms with E-state index < -0.39 is 0 Å². The molecule has 0 aliphatic carbocycles. The Kier molecular flexibility index (Phi) is 4.43. The molecule has 2 N–H and O–H groups in total. The van der Waals surface area contributed by atoms with Gasteiger partial charge in [-0.05, 0) is 37.1 Å². The van der Waals surface area contributed by atoms with Gasteiger partial charge in [0.05, 0.1) is 12.6 Å². The molecule has 5 rings (SSSR count). The number of fused-ring (bicyclic) bond motifs is 2. The third-order valence-corrected chi connectivity index (χ3v) is 5.74. The number of carbonyl (C=O) groups excluding carboxylic acids is 1. The molecule has 1 aromatic carbocycles. The molecule has 8 heteroatoms. The zero-order valence-electron chi connectivity index (χ0n) is 17.1. The summed E-state index contributed by atoms with van der Waals surface area (Å²) >= 11 is 0. The Bertz CT molecular complexity index is 1220. The van der Waals surface area contributed by atoms with E-state index in [0.29, 0.717) is 23.4 Å². The average Bonchev–Trinajstić information content (AvgIpc) is 3.33. The van der Waals surface area contributed by atoms with Crippen molar-refractivity contribution < 1.29 is 9.53 Å². The molecule has 4 aromatic rings. The summed E-state index contributed by atoms with van der Waals surface area (Å²) in [5.41, 5.74) is 9.77. The number of aryl methyl sites for hydroxylation is 1. The molecule has 1 aliphatic heterocycles.